The maximum absolute atomic E-state index is 11.8. The number of morpholine rings is 1. The van der Waals surface area contributed by atoms with Crippen LogP contribution in [0.2, 0.25) is 0 Å². The highest BCUT2D eigenvalue weighted by atomic mass is 32.1. The molecule has 0 saturated carbocycles. The van der Waals surface area contributed by atoms with Crippen molar-refractivity contribution in [3.63, 3.8) is 0 Å². The molecule has 1 aliphatic heterocycles. The Morgan fingerprint density at radius 2 is 2.47 bits per heavy atom. The minimum Gasteiger partial charge on any atom is -0.387 e. The smallest absolute Gasteiger partial charge is 0.387 e. The van der Waals surface area contributed by atoms with Crippen molar-refractivity contribution in [2.24, 2.45) is 0 Å². The average Bonchev–Trinajstić information content (AvgIpc) is 3.00. The van der Waals surface area contributed by atoms with E-state index in [1.54, 1.807) is 0 Å². The molecule has 0 unspecified atom stereocenters. The third kappa shape index (κ3) is 2.78. The van der Waals surface area contributed by atoms with Gasteiger partial charge >= 0.3 is 5.76 Å². The summed E-state index contributed by atoms with van der Waals surface area (Å²) in [6.07, 6.45) is 0.188. The molecule has 7 heteroatoms. The van der Waals surface area contributed by atoms with Crippen LogP contribution in [0.1, 0.15) is 6.92 Å². The predicted octanol–water partition coefficient (Wildman–Crippen LogP) is 1.24. The van der Waals surface area contributed by atoms with Crippen molar-refractivity contribution in [2.45, 2.75) is 19.7 Å². The zero-order valence-corrected chi connectivity index (χ0v) is 11.4. The van der Waals surface area contributed by atoms with Gasteiger partial charge in [-0.1, -0.05) is 6.07 Å². The van der Waals surface area contributed by atoms with Gasteiger partial charge in [-0.3, -0.25) is 4.90 Å². The molecule has 1 atom stereocenters. The van der Waals surface area contributed by atoms with Gasteiger partial charge in [-0.05, 0) is 18.4 Å². The van der Waals surface area contributed by atoms with Gasteiger partial charge in [0.15, 0.2) is 0 Å². The zero-order valence-electron chi connectivity index (χ0n) is 10.6. The molecule has 102 valence electrons. The van der Waals surface area contributed by atoms with Crippen LogP contribution in [0.5, 0.6) is 0 Å². The quantitative estimate of drug-likeness (QED) is 0.847. The summed E-state index contributed by atoms with van der Waals surface area (Å²) in [5.74, 6) is -0.0242. The number of rotatable bonds is 3. The van der Waals surface area contributed by atoms with Gasteiger partial charge in [0.2, 0.25) is 0 Å². The minimum absolute atomic E-state index is 0.188. The first kappa shape index (κ1) is 12.6. The van der Waals surface area contributed by atoms with Crippen molar-refractivity contribution >= 4 is 11.3 Å². The van der Waals surface area contributed by atoms with Crippen molar-refractivity contribution in [3.05, 3.63) is 28.1 Å². The molecule has 0 amide bonds. The van der Waals surface area contributed by atoms with Gasteiger partial charge in [0.05, 0.1) is 17.6 Å². The molecule has 3 heterocycles. The fraction of sp³-hybridized carbons (Fsp3) is 0.500. The molecule has 3 rings (SSSR count). The summed E-state index contributed by atoms with van der Waals surface area (Å²) in [5, 5.41) is 6.17. The van der Waals surface area contributed by atoms with E-state index in [0.717, 1.165) is 18.0 Å². The molecule has 1 saturated heterocycles. The molecular formula is C12H15N3O3S. The van der Waals surface area contributed by atoms with E-state index >= 15 is 0 Å². The van der Waals surface area contributed by atoms with Crippen molar-refractivity contribution in [3.8, 4) is 10.8 Å². The Morgan fingerprint density at radius 3 is 3.21 bits per heavy atom. The van der Waals surface area contributed by atoms with Gasteiger partial charge in [0, 0.05) is 13.1 Å². The van der Waals surface area contributed by atoms with Crippen LogP contribution in [-0.4, -0.2) is 40.5 Å². The summed E-state index contributed by atoms with van der Waals surface area (Å²) in [6, 6.07) is 3.79. The highest BCUT2D eigenvalue weighted by Crippen LogP contribution is 2.21. The summed E-state index contributed by atoms with van der Waals surface area (Å²) in [4.78, 5) is 14.8. The zero-order chi connectivity index (χ0) is 13.2. The van der Waals surface area contributed by atoms with Crippen LogP contribution in [0.4, 0.5) is 0 Å². The minimum atomic E-state index is -0.414. The Morgan fingerprint density at radius 1 is 1.58 bits per heavy atom. The molecule has 0 aliphatic carbocycles. The van der Waals surface area contributed by atoms with Crippen LogP contribution < -0.4 is 5.76 Å². The van der Waals surface area contributed by atoms with E-state index in [2.05, 4.69) is 10.00 Å². The number of ether oxygens (including phenoxy) is 1. The molecule has 1 aliphatic rings. The summed E-state index contributed by atoms with van der Waals surface area (Å²) < 4.78 is 12.0. The van der Waals surface area contributed by atoms with Crippen molar-refractivity contribution < 1.29 is 9.15 Å². The lowest BCUT2D eigenvalue weighted by Gasteiger charge is -2.30. The van der Waals surface area contributed by atoms with Crippen LogP contribution in [0, 0.1) is 0 Å². The molecule has 0 aromatic carbocycles. The van der Waals surface area contributed by atoms with E-state index in [1.165, 1.54) is 16.0 Å². The Bertz CT molecular complexity index is 590. The maximum atomic E-state index is 11.8. The molecule has 0 bridgehead atoms. The second-order valence-corrected chi connectivity index (χ2v) is 5.50. The third-order valence-electron chi connectivity index (χ3n) is 3.00. The fourth-order valence-corrected chi connectivity index (χ4v) is 2.75. The third-order valence-corrected chi connectivity index (χ3v) is 3.86. The van der Waals surface area contributed by atoms with E-state index in [4.69, 9.17) is 9.15 Å². The monoisotopic (exact) mass is 281 g/mol. The van der Waals surface area contributed by atoms with Gasteiger partial charge in [-0.25, -0.2) is 4.79 Å². The van der Waals surface area contributed by atoms with Crippen LogP contribution in [0.25, 0.3) is 10.8 Å². The topological polar surface area (TPSA) is 60.5 Å². The van der Waals surface area contributed by atoms with Crippen molar-refractivity contribution in [1.82, 2.24) is 14.7 Å². The van der Waals surface area contributed by atoms with Crippen LogP contribution >= 0.6 is 11.3 Å². The van der Waals surface area contributed by atoms with Gasteiger partial charge < -0.3 is 9.15 Å². The molecule has 6 nitrogen and oxygen atoms in total. The standard InChI is InChI=1S/C12H15N3O3S/c1-9-7-14(4-5-17-9)8-15-12(16)18-11(13-15)10-3-2-6-19-10/h2-3,6,9H,4-5,7-8H2,1H3/t9-/m0/s1. The highest BCUT2D eigenvalue weighted by molar-refractivity contribution is 7.13. The van der Waals surface area contributed by atoms with E-state index in [9.17, 15) is 4.79 Å². The summed E-state index contributed by atoms with van der Waals surface area (Å²) in [7, 11) is 0. The van der Waals surface area contributed by atoms with Crippen LogP contribution in [-0.2, 0) is 11.4 Å². The largest absolute Gasteiger partial charge is 0.438 e. The Balaban J connectivity index is 1.76. The highest BCUT2D eigenvalue weighted by Gasteiger charge is 2.19. The molecule has 19 heavy (non-hydrogen) atoms. The first-order valence-electron chi connectivity index (χ1n) is 6.18. The van der Waals surface area contributed by atoms with Gasteiger partial charge in [-0.2, -0.15) is 4.68 Å². The number of aromatic nitrogens is 2. The van der Waals surface area contributed by atoms with Gasteiger partial charge in [0.1, 0.15) is 6.67 Å². The molecule has 2 aromatic rings. The Kier molecular flexibility index (Phi) is 3.50. The van der Waals surface area contributed by atoms with Crippen molar-refractivity contribution in [1.29, 1.82) is 0 Å². The molecule has 2 aromatic heterocycles. The van der Waals surface area contributed by atoms with E-state index in [0.29, 0.717) is 19.2 Å². The lowest BCUT2D eigenvalue weighted by atomic mass is 10.3. The lowest BCUT2D eigenvalue weighted by molar-refractivity contribution is -0.0312. The SMILES string of the molecule is C[C@H]1CN(Cn2nc(-c3cccs3)oc2=O)CCO1. The van der Waals surface area contributed by atoms with Crippen LogP contribution in [0.3, 0.4) is 0 Å². The second-order valence-electron chi connectivity index (χ2n) is 4.55. The Hall–Kier alpha value is -1.44. The molecule has 1 fully saturated rings. The first-order chi connectivity index (χ1) is 9.22. The average molecular weight is 281 g/mol. The normalized spacial score (nSPS) is 20.8. The van der Waals surface area contributed by atoms with E-state index in [-0.39, 0.29) is 6.10 Å². The molecule has 0 radical (unpaired) electrons. The van der Waals surface area contributed by atoms with Gasteiger partial charge in [0.25, 0.3) is 5.89 Å². The summed E-state index contributed by atoms with van der Waals surface area (Å²) in [6.45, 7) is 4.76. The number of thiophene rings is 1. The molecule has 0 N–H and O–H groups in total. The van der Waals surface area contributed by atoms with E-state index < -0.39 is 5.76 Å². The number of hydrogen-bond acceptors (Lipinski definition) is 6. The maximum Gasteiger partial charge on any atom is 0.438 e. The predicted molar refractivity (Wildman–Crippen MR) is 71.1 cm³/mol. The molecular weight excluding hydrogens is 266 g/mol. The first-order valence-corrected chi connectivity index (χ1v) is 7.06. The fourth-order valence-electron chi connectivity index (χ4n) is 2.10. The summed E-state index contributed by atoms with van der Waals surface area (Å²) in [5.41, 5.74) is 0. The van der Waals surface area contributed by atoms with E-state index in [1.807, 2.05) is 24.4 Å². The Labute approximate surface area is 114 Å². The molecule has 0 spiro atoms. The summed E-state index contributed by atoms with van der Waals surface area (Å²) >= 11 is 1.50. The van der Waals surface area contributed by atoms with Crippen molar-refractivity contribution in [2.75, 3.05) is 19.7 Å². The van der Waals surface area contributed by atoms with Crippen LogP contribution in [0.15, 0.2) is 26.7 Å². The number of hydrogen-bond donors (Lipinski definition) is 0. The van der Waals surface area contributed by atoms with Gasteiger partial charge in [-0.15, -0.1) is 16.4 Å². The second kappa shape index (κ2) is 5.28. The number of nitrogens with zero attached hydrogens (tertiary/aromatic N) is 3. The lowest BCUT2D eigenvalue weighted by Crippen LogP contribution is -2.43.